The minimum atomic E-state index is -0.105. The molecular formula is C18H19ClN2O2. The fourth-order valence-electron chi connectivity index (χ4n) is 2.98. The molecule has 0 aromatic heterocycles. The van der Waals surface area contributed by atoms with Crippen molar-refractivity contribution in [3.8, 4) is 5.75 Å². The standard InChI is InChI=1S/C18H19ClN2O2/c1-23-17-7-3-2-5-15(17)20-18(22)21-12-4-6-16(21)13-8-10-14(19)11-9-13/h2-3,5,7-11,16H,4,6,12H2,1H3,(H,20,22)/t16-/m0/s1. The van der Waals surface area contributed by atoms with Crippen LogP contribution >= 0.6 is 11.6 Å². The van der Waals surface area contributed by atoms with E-state index in [1.54, 1.807) is 7.11 Å². The van der Waals surface area contributed by atoms with Gasteiger partial charge in [0.2, 0.25) is 0 Å². The van der Waals surface area contributed by atoms with Crippen LogP contribution in [-0.2, 0) is 0 Å². The number of rotatable bonds is 3. The van der Waals surface area contributed by atoms with Crippen LogP contribution in [0.15, 0.2) is 48.5 Å². The molecule has 2 aromatic carbocycles. The number of amides is 2. The van der Waals surface area contributed by atoms with E-state index in [1.807, 2.05) is 53.4 Å². The first kappa shape index (κ1) is 15.7. The lowest BCUT2D eigenvalue weighted by Gasteiger charge is -2.25. The number of ether oxygens (including phenoxy) is 1. The van der Waals surface area contributed by atoms with Crippen molar-refractivity contribution in [2.24, 2.45) is 0 Å². The zero-order valence-corrected chi connectivity index (χ0v) is 13.7. The van der Waals surface area contributed by atoms with Gasteiger partial charge in [-0.3, -0.25) is 0 Å². The third kappa shape index (κ3) is 3.42. The minimum Gasteiger partial charge on any atom is -0.495 e. The Labute approximate surface area is 141 Å². The number of anilines is 1. The fraction of sp³-hybridized carbons (Fsp3) is 0.278. The predicted molar refractivity (Wildman–Crippen MR) is 92.1 cm³/mol. The third-order valence-corrected chi connectivity index (χ3v) is 4.37. The monoisotopic (exact) mass is 330 g/mol. The Morgan fingerprint density at radius 3 is 2.70 bits per heavy atom. The molecule has 0 spiro atoms. The molecular weight excluding hydrogens is 312 g/mol. The molecule has 1 aliphatic heterocycles. The number of halogens is 1. The van der Waals surface area contributed by atoms with Crippen molar-refractivity contribution in [3.63, 3.8) is 0 Å². The highest BCUT2D eigenvalue weighted by atomic mass is 35.5. The first-order chi connectivity index (χ1) is 11.2. The molecule has 120 valence electrons. The molecule has 2 aromatic rings. The molecule has 0 saturated carbocycles. The molecule has 1 saturated heterocycles. The van der Waals surface area contributed by atoms with Gasteiger partial charge >= 0.3 is 6.03 Å². The van der Waals surface area contributed by atoms with Crippen LogP contribution < -0.4 is 10.1 Å². The summed E-state index contributed by atoms with van der Waals surface area (Å²) in [7, 11) is 1.59. The average molecular weight is 331 g/mol. The second-order valence-electron chi connectivity index (χ2n) is 5.53. The number of methoxy groups -OCH3 is 1. The second-order valence-corrected chi connectivity index (χ2v) is 5.97. The summed E-state index contributed by atoms with van der Waals surface area (Å²) >= 11 is 5.95. The predicted octanol–water partition coefficient (Wildman–Crippen LogP) is 4.72. The molecule has 2 amide bonds. The van der Waals surface area contributed by atoms with Gasteiger partial charge in [-0.2, -0.15) is 0 Å². The van der Waals surface area contributed by atoms with Gasteiger partial charge in [-0.25, -0.2) is 4.79 Å². The van der Waals surface area contributed by atoms with Crippen molar-refractivity contribution in [3.05, 3.63) is 59.1 Å². The Kier molecular flexibility index (Phi) is 4.72. The first-order valence-corrected chi connectivity index (χ1v) is 8.03. The highest BCUT2D eigenvalue weighted by molar-refractivity contribution is 6.30. The molecule has 0 bridgehead atoms. The maximum absolute atomic E-state index is 12.7. The van der Waals surface area contributed by atoms with Crippen molar-refractivity contribution < 1.29 is 9.53 Å². The molecule has 5 heteroatoms. The van der Waals surface area contributed by atoms with E-state index in [4.69, 9.17) is 16.3 Å². The van der Waals surface area contributed by atoms with Crippen LogP contribution in [0.4, 0.5) is 10.5 Å². The number of benzene rings is 2. The highest BCUT2D eigenvalue weighted by Gasteiger charge is 2.30. The summed E-state index contributed by atoms with van der Waals surface area (Å²) in [5, 5.41) is 3.66. The number of carbonyl (C=O) groups is 1. The van der Waals surface area contributed by atoms with E-state index in [9.17, 15) is 4.79 Å². The lowest BCUT2D eigenvalue weighted by Crippen LogP contribution is -2.34. The Hall–Kier alpha value is -2.20. The van der Waals surface area contributed by atoms with Gasteiger partial charge in [0.05, 0.1) is 18.8 Å². The maximum atomic E-state index is 12.7. The minimum absolute atomic E-state index is 0.0852. The van der Waals surface area contributed by atoms with Gasteiger partial charge in [0.1, 0.15) is 5.75 Å². The lowest BCUT2D eigenvalue weighted by atomic mass is 10.1. The average Bonchev–Trinajstić information content (AvgIpc) is 3.06. The molecule has 1 heterocycles. The SMILES string of the molecule is COc1ccccc1NC(=O)N1CCC[C@H]1c1ccc(Cl)cc1. The summed E-state index contributed by atoms with van der Waals surface area (Å²) in [5.74, 6) is 0.656. The normalized spacial score (nSPS) is 17.1. The van der Waals surface area contributed by atoms with Gasteiger partial charge < -0.3 is 15.0 Å². The Morgan fingerprint density at radius 1 is 1.22 bits per heavy atom. The maximum Gasteiger partial charge on any atom is 0.322 e. The number of nitrogens with zero attached hydrogens (tertiary/aromatic N) is 1. The lowest BCUT2D eigenvalue weighted by molar-refractivity contribution is 0.207. The molecule has 0 radical (unpaired) electrons. The number of urea groups is 1. The molecule has 1 aliphatic rings. The van der Waals surface area contributed by atoms with Crippen LogP contribution in [0.3, 0.4) is 0 Å². The summed E-state index contributed by atoms with van der Waals surface area (Å²) in [6, 6.07) is 15.1. The van der Waals surface area contributed by atoms with E-state index in [0.717, 1.165) is 24.9 Å². The fourth-order valence-corrected chi connectivity index (χ4v) is 3.10. The number of carbonyl (C=O) groups excluding carboxylic acids is 1. The van der Waals surface area contributed by atoms with Crippen molar-refractivity contribution in [2.45, 2.75) is 18.9 Å². The second kappa shape index (κ2) is 6.92. The highest BCUT2D eigenvalue weighted by Crippen LogP contribution is 2.33. The number of para-hydroxylation sites is 2. The number of hydrogen-bond donors (Lipinski definition) is 1. The van der Waals surface area contributed by atoms with E-state index in [1.165, 1.54) is 0 Å². The topological polar surface area (TPSA) is 41.6 Å². The molecule has 0 aliphatic carbocycles. The van der Waals surface area contributed by atoms with Gasteiger partial charge in [-0.15, -0.1) is 0 Å². The number of hydrogen-bond acceptors (Lipinski definition) is 2. The van der Waals surface area contributed by atoms with Crippen LogP contribution in [0.2, 0.25) is 5.02 Å². The molecule has 1 fully saturated rings. The smallest absolute Gasteiger partial charge is 0.322 e. The van der Waals surface area contributed by atoms with Crippen molar-refractivity contribution >= 4 is 23.3 Å². The van der Waals surface area contributed by atoms with E-state index >= 15 is 0 Å². The van der Waals surface area contributed by atoms with Crippen LogP contribution in [0.5, 0.6) is 5.75 Å². The van der Waals surface area contributed by atoms with E-state index < -0.39 is 0 Å². The summed E-state index contributed by atoms with van der Waals surface area (Å²) in [5.41, 5.74) is 1.80. The summed E-state index contributed by atoms with van der Waals surface area (Å²) in [4.78, 5) is 14.5. The molecule has 1 N–H and O–H groups in total. The van der Waals surface area contributed by atoms with Gasteiger partial charge in [0.25, 0.3) is 0 Å². The van der Waals surface area contributed by atoms with Gasteiger partial charge in [-0.1, -0.05) is 35.9 Å². The van der Waals surface area contributed by atoms with Gasteiger partial charge in [0, 0.05) is 11.6 Å². The van der Waals surface area contributed by atoms with E-state index in [0.29, 0.717) is 16.5 Å². The summed E-state index contributed by atoms with van der Waals surface area (Å²) < 4.78 is 5.29. The Bertz CT molecular complexity index is 688. The van der Waals surface area contributed by atoms with Crippen molar-refractivity contribution in [1.82, 2.24) is 4.90 Å². The molecule has 4 nitrogen and oxygen atoms in total. The van der Waals surface area contributed by atoms with Crippen LogP contribution in [0.25, 0.3) is 0 Å². The largest absolute Gasteiger partial charge is 0.495 e. The first-order valence-electron chi connectivity index (χ1n) is 7.65. The van der Waals surface area contributed by atoms with Crippen LogP contribution in [0, 0.1) is 0 Å². The molecule has 3 rings (SSSR count). The zero-order valence-electron chi connectivity index (χ0n) is 13.0. The number of nitrogens with one attached hydrogen (secondary N) is 1. The number of likely N-dealkylation sites (tertiary alicyclic amines) is 1. The van der Waals surface area contributed by atoms with Gasteiger partial charge in [-0.05, 0) is 42.7 Å². The van der Waals surface area contributed by atoms with Crippen molar-refractivity contribution in [2.75, 3.05) is 19.0 Å². The van der Waals surface area contributed by atoms with Gasteiger partial charge in [0.15, 0.2) is 0 Å². The van der Waals surface area contributed by atoms with Crippen molar-refractivity contribution in [1.29, 1.82) is 0 Å². The summed E-state index contributed by atoms with van der Waals surface area (Å²) in [6.45, 7) is 0.744. The zero-order chi connectivity index (χ0) is 16.2. The van der Waals surface area contributed by atoms with E-state index in [2.05, 4.69) is 5.32 Å². The third-order valence-electron chi connectivity index (χ3n) is 4.12. The molecule has 23 heavy (non-hydrogen) atoms. The van der Waals surface area contributed by atoms with Crippen LogP contribution in [0.1, 0.15) is 24.4 Å². The molecule has 0 unspecified atom stereocenters. The Balaban J connectivity index is 1.77. The molecule has 1 atom stereocenters. The quantitative estimate of drug-likeness (QED) is 0.884. The summed E-state index contributed by atoms with van der Waals surface area (Å²) in [6.07, 6.45) is 1.95. The Morgan fingerprint density at radius 2 is 1.96 bits per heavy atom. The van der Waals surface area contributed by atoms with Crippen LogP contribution in [-0.4, -0.2) is 24.6 Å². The van der Waals surface area contributed by atoms with E-state index in [-0.39, 0.29) is 12.1 Å².